The molecule has 0 atom stereocenters. The topological polar surface area (TPSA) is 65.2 Å². The quantitative estimate of drug-likeness (QED) is 0.593. The Balaban J connectivity index is 1.80. The number of nitrogens with two attached hydrogens (primary N) is 1. The van der Waals surface area contributed by atoms with E-state index in [0.29, 0.717) is 11.4 Å². The minimum Gasteiger partial charge on any atom is -0.456 e. The lowest BCUT2D eigenvalue weighted by Gasteiger charge is -2.11. The van der Waals surface area contributed by atoms with Gasteiger partial charge in [-0.25, -0.2) is 4.98 Å². The lowest BCUT2D eigenvalue weighted by Crippen LogP contribution is -2.12. The summed E-state index contributed by atoms with van der Waals surface area (Å²) in [6, 6.07) is 14.8. The van der Waals surface area contributed by atoms with Crippen molar-refractivity contribution in [2.75, 3.05) is 0 Å². The van der Waals surface area contributed by atoms with Crippen molar-refractivity contribution < 1.29 is 22.7 Å². The Morgan fingerprint density at radius 3 is 2.33 bits per heavy atom. The first-order valence-electron chi connectivity index (χ1n) is 7.66. The van der Waals surface area contributed by atoms with Crippen LogP contribution in [0.15, 0.2) is 65.1 Å². The number of primary amides is 1. The van der Waals surface area contributed by atoms with Gasteiger partial charge in [-0.15, -0.1) is 0 Å². The van der Waals surface area contributed by atoms with Crippen molar-refractivity contribution in [1.29, 1.82) is 0 Å². The van der Waals surface area contributed by atoms with Gasteiger partial charge in [0.1, 0.15) is 17.2 Å². The molecule has 3 rings (SSSR count). The number of carbonyl (C=O) groups is 1. The van der Waals surface area contributed by atoms with Gasteiger partial charge in [0.05, 0.1) is 15.7 Å². The molecular weight excluding hydrogens is 425 g/mol. The summed E-state index contributed by atoms with van der Waals surface area (Å²) in [5.41, 5.74) is 5.91. The number of hydrogen-bond donors (Lipinski definition) is 1. The molecule has 27 heavy (non-hydrogen) atoms. The molecule has 3 aromatic rings. The average Bonchev–Trinajstić information content (AvgIpc) is 2.63. The molecule has 1 aromatic heterocycles. The number of pyridine rings is 1. The highest BCUT2D eigenvalue weighted by atomic mass is 79.9. The van der Waals surface area contributed by atoms with Gasteiger partial charge in [-0.3, -0.25) is 4.79 Å². The Morgan fingerprint density at radius 2 is 1.74 bits per heavy atom. The van der Waals surface area contributed by atoms with E-state index < -0.39 is 17.6 Å². The first-order valence-corrected chi connectivity index (χ1v) is 8.45. The third kappa shape index (κ3) is 4.46. The molecule has 0 aliphatic rings. The van der Waals surface area contributed by atoms with Gasteiger partial charge in [-0.2, -0.15) is 13.2 Å². The third-order valence-electron chi connectivity index (χ3n) is 3.64. The summed E-state index contributed by atoms with van der Waals surface area (Å²) in [5, 5.41) is 0. The molecule has 0 bridgehead atoms. The number of carbonyl (C=O) groups excluding carboxylic acids is 1. The minimum absolute atomic E-state index is 0.154. The summed E-state index contributed by atoms with van der Waals surface area (Å²) in [6.07, 6.45) is -4.42. The van der Waals surface area contributed by atoms with Crippen LogP contribution in [0.5, 0.6) is 11.5 Å². The van der Waals surface area contributed by atoms with Crippen LogP contribution in [0, 0.1) is 0 Å². The zero-order chi connectivity index (χ0) is 19.6. The Bertz CT molecular complexity index is 989. The summed E-state index contributed by atoms with van der Waals surface area (Å²) >= 11 is 3.09. The number of aromatic nitrogens is 1. The van der Waals surface area contributed by atoms with Gasteiger partial charge >= 0.3 is 6.18 Å². The molecule has 2 N–H and O–H groups in total. The summed E-state index contributed by atoms with van der Waals surface area (Å²) in [5.74, 6) is 0.0684. The Morgan fingerprint density at radius 1 is 1.04 bits per heavy atom. The highest BCUT2D eigenvalue weighted by Crippen LogP contribution is 2.36. The maximum absolute atomic E-state index is 12.7. The molecule has 1 heterocycles. The van der Waals surface area contributed by atoms with Crippen LogP contribution in [0.3, 0.4) is 0 Å². The zero-order valence-electron chi connectivity index (χ0n) is 13.6. The van der Waals surface area contributed by atoms with Gasteiger partial charge in [0.15, 0.2) is 0 Å². The predicted molar refractivity (Wildman–Crippen MR) is 97.4 cm³/mol. The predicted octanol–water partition coefficient (Wildman–Crippen LogP) is 5.42. The van der Waals surface area contributed by atoms with Gasteiger partial charge < -0.3 is 10.5 Å². The van der Waals surface area contributed by atoms with Gasteiger partial charge in [-0.1, -0.05) is 6.07 Å². The van der Waals surface area contributed by atoms with Gasteiger partial charge in [0.25, 0.3) is 5.91 Å². The van der Waals surface area contributed by atoms with Crippen LogP contribution in [0.1, 0.15) is 16.1 Å². The molecule has 0 unspecified atom stereocenters. The summed E-state index contributed by atoms with van der Waals surface area (Å²) < 4.78 is 44.0. The summed E-state index contributed by atoms with van der Waals surface area (Å²) in [6.45, 7) is 0. The standard InChI is InChI=1S/C19H12BrF3N2O2/c20-14-10-12(19(21,22)23)6-9-17(14)27-13-7-4-11(5-8-13)15-2-1-3-16(25-15)18(24)26/h1-10H,(H2,24,26). The summed E-state index contributed by atoms with van der Waals surface area (Å²) in [4.78, 5) is 15.4. The number of benzene rings is 2. The molecule has 8 heteroatoms. The first-order chi connectivity index (χ1) is 12.7. The molecular formula is C19H12BrF3N2O2. The molecule has 1 amide bonds. The zero-order valence-corrected chi connectivity index (χ0v) is 15.2. The number of hydrogen-bond acceptors (Lipinski definition) is 3. The van der Waals surface area contributed by atoms with E-state index in [1.807, 2.05) is 0 Å². The second-order valence-corrected chi connectivity index (χ2v) is 6.40. The first kappa shape index (κ1) is 18.9. The van der Waals surface area contributed by atoms with E-state index in [-0.39, 0.29) is 15.9 Å². The van der Waals surface area contributed by atoms with Crippen molar-refractivity contribution in [2.45, 2.75) is 6.18 Å². The lowest BCUT2D eigenvalue weighted by molar-refractivity contribution is -0.137. The van der Waals surface area contributed by atoms with Crippen molar-refractivity contribution in [3.8, 4) is 22.8 Å². The van der Waals surface area contributed by atoms with Crippen LogP contribution < -0.4 is 10.5 Å². The number of rotatable bonds is 4. The Labute approximate surface area is 160 Å². The van der Waals surface area contributed by atoms with Crippen molar-refractivity contribution in [3.63, 3.8) is 0 Å². The van der Waals surface area contributed by atoms with Crippen molar-refractivity contribution in [3.05, 3.63) is 76.4 Å². The van der Waals surface area contributed by atoms with Crippen LogP contribution in [0.2, 0.25) is 0 Å². The van der Waals surface area contributed by atoms with Crippen LogP contribution in [-0.2, 0) is 6.18 Å². The van der Waals surface area contributed by atoms with Crippen LogP contribution in [0.25, 0.3) is 11.3 Å². The molecule has 0 aliphatic carbocycles. The Hall–Kier alpha value is -2.87. The van der Waals surface area contributed by atoms with Gasteiger partial charge in [0.2, 0.25) is 0 Å². The van der Waals surface area contributed by atoms with Crippen LogP contribution in [-0.4, -0.2) is 10.9 Å². The molecule has 0 saturated heterocycles. The van der Waals surface area contributed by atoms with Crippen molar-refractivity contribution >= 4 is 21.8 Å². The lowest BCUT2D eigenvalue weighted by atomic mass is 10.1. The molecule has 2 aromatic carbocycles. The smallest absolute Gasteiger partial charge is 0.416 e. The highest BCUT2D eigenvalue weighted by Gasteiger charge is 2.31. The third-order valence-corrected chi connectivity index (χ3v) is 4.26. The second-order valence-electron chi connectivity index (χ2n) is 5.54. The van der Waals surface area contributed by atoms with E-state index in [1.165, 1.54) is 12.1 Å². The number of amides is 1. The number of alkyl halides is 3. The van der Waals surface area contributed by atoms with E-state index in [0.717, 1.165) is 17.7 Å². The van der Waals surface area contributed by atoms with E-state index >= 15 is 0 Å². The number of nitrogens with zero attached hydrogens (tertiary/aromatic N) is 1. The fraction of sp³-hybridized carbons (Fsp3) is 0.0526. The maximum atomic E-state index is 12.7. The number of ether oxygens (including phenoxy) is 1. The molecule has 0 aliphatic heterocycles. The van der Waals surface area contributed by atoms with E-state index in [4.69, 9.17) is 10.5 Å². The molecule has 138 valence electrons. The monoisotopic (exact) mass is 436 g/mol. The molecule has 4 nitrogen and oxygen atoms in total. The molecule has 0 radical (unpaired) electrons. The highest BCUT2D eigenvalue weighted by molar-refractivity contribution is 9.10. The molecule has 0 fully saturated rings. The van der Waals surface area contributed by atoms with E-state index in [9.17, 15) is 18.0 Å². The normalized spacial score (nSPS) is 11.3. The van der Waals surface area contributed by atoms with Crippen molar-refractivity contribution in [1.82, 2.24) is 4.98 Å². The SMILES string of the molecule is NC(=O)c1cccc(-c2ccc(Oc3ccc(C(F)(F)F)cc3Br)cc2)n1. The van der Waals surface area contributed by atoms with E-state index in [1.54, 1.807) is 36.4 Å². The molecule has 0 saturated carbocycles. The van der Waals surface area contributed by atoms with Gasteiger partial charge in [0, 0.05) is 5.56 Å². The van der Waals surface area contributed by atoms with Crippen molar-refractivity contribution in [2.24, 2.45) is 5.73 Å². The van der Waals surface area contributed by atoms with Crippen LogP contribution >= 0.6 is 15.9 Å². The van der Waals surface area contributed by atoms with Crippen LogP contribution in [0.4, 0.5) is 13.2 Å². The van der Waals surface area contributed by atoms with E-state index in [2.05, 4.69) is 20.9 Å². The second kappa shape index (κ2) is 7.40. The molecule has 0 spiro atoms. The fourth-order valence-electron chi connectivity index (χ4n) is 2.31. The van der Waals surface area contributed by atoms with Gasteiger partial charge in [-0.05, 0) is 70.5 Å². The average molecular weight is 437 g/mol. The number of halogens is 4. The summed E-state index contributed by atoms with van der Waals surface area (Å²) in [7, 11) is 0. The Kier molecular flexibility index (Phi) is 5.18. The largest absolute Gasteiger partial charge is 0.456 e. The maximum Gasteiger partial charge on any atom is 0.416 e. The minimum atomic E-state index is -4.42. The fourth-order valence-corrected chi connectivity index (χ4v) is 2.77.